The summed E-state index contributed by atoms with van der Waals surface area (Å²) < 4.78 is 5.27. The van der Waals surface area contributed by atoms with Crippen LogP contribution in [0, 0.1) is 0 Å². The minimum Gasteiger partial charge on any atom is -0.495 e. The molecule has 2 rings (SSSR count). The molecule has 0 heterocycles. The summed E-state index contributed by atoms with van der Waals surface area (Å²) >= 11 is 0. The molecule has 4 heteroatoms. The van der Waals surface area contributed by atoms with E-state index in [1.165, 1.54) is 44.9 Å². The van der Waals surface area contributed by atoms with Crippen molar-refractivity contribution in [2.75, 3.05) is 12.4 Å². The van der Waals surface area contributed by atoms with Crippen molar-refractivity contribution in [1.29, 1.82) is 0 Å². The van der Waals surface area contributed by atoms with Gasteiger partial charge in [-0.3, -0.25) is 4.79 Å². The average molecular weight is 304 g/mol. The lowest BCUT2D eigenvalue weighted by molar-refractivity contribution is -0.118. The smallest absolute Gasteiger partial charge is 0.241 e. The predicted molar refractivity (Wildman–Crippen MR) is 90.3 cm³/mol. The first-order valence-electron chi connectivity index (χ1n) is 8.40. The highest BCUT2D eigenvalue weighted by atomic mass is 16.5. The van der Waals surface area contributed by atoms with Crippen LogP contribution >= 0.6 is 0 Å². The van der Waals surface area contributed by atoms with Crippen molar-refractivity contribution >= 4 is 11.6 Å². The summed E-state index contributed by atoms with van der Waals surface area (Å²) in [6.45, 7) is 1.93. The fourth-order valence-corrected chi connectivity index (χ4v) is 3.04. The van der Waals surface area contributed by atoms with Crippen LogP contribution in [0.5, 0.6) is 5.75 Å². The third-order valence-electron chi connectivity index (χ3n) is 4.35. The lowest BCUT2D eigenvalue weighted by Crippen LogP contribution is -2.44. The summed E-state index contributed by atoms with van der Waals surface area (Å²) in [7, 11) is 1.61. The predicted octanol–water partition coefficient (Wildman–Crippen LogP) is 3.72. The van der Waals surface area contributed by atoms with Crippen LogP contribution in [-0.2, 0) is 4.79 Å². The van der Waals surface area contributed by atoms with Crippen molar-refractivity contribution in [3.05, 3.63) is 24.3 Å². The summed E-state index contributed by atoms with van der Waals surface area (Å²) in [6.07, 6.45) is 8.87. The number of amides is 1. The van der Waals surface area contributed by atoms with Gasteiger partial charge >= 0.3 is 0 Å². The fourth-order valence-electron chi connectivity index (χ4n) is 3.04. The molecule has 1 aromatic carbocycles. The maximum Gasteiger partial charge on any atom is 0.241 e. The second-order valence-electron chi connectivity index (χ2n) is 6.12. The molecule has 122 valence electrons. The van der Waals surface area contributed by atoms with E-state index in [2.05, 4.69) is 10.6 Å². The maximum atomic E-state index is 12.4. The number of rotatable bonds is 5. The quantitative estimate of drug-likeness (QED) is 0.871. The van der Waals surface area contributed by atoms with Crippen molar-refractivity contribution < 1.29 is 9.53 Å². The molecule has 1 aliphatic carbocycles. The van der Waals surface area contributed by atoms with Gasteiger partial charge in [-0.25, -0.2) is 0 Å². The van der Waals surface area contributed by atoms with Gasteiger partial charge < -0.3 is 15.4 Å². The maximum absolute atomic E-state index is 12.4. The first-order valence-corrected chi connectivity index (χ1v) is 8.40. The van der Waals surface area contributed by atoms with Crippen molar-refractivity contribution in [3.8, 4) is 5.75 Å². The molecule has 0 bridgehead atoms. The van der Waals surface area contributed by atoms with Crippen molar-refractivity contribution in [2.45, 2.75) is 64.0 Å². The van der Waals surface area contributed by atoms with Crippen LogP contribution in [-0.4, -0.2) is 25.1 Å². The third kappa shape index (κ3) is 5.02. The molecule has 2 N–H and O–H groups in total. The lowest BCUT2D eigenvalue weighted by Gasteiger charge is -2.24. The van der Waals surface area contributed by atoms with E-state index < -0.39 is 0 Å². The van der Waals surface area contributed by atoms with Gasteiger partial charge in [0.2, 0.25) is 5.91 Å². The van der Waals surface area contributed by atoms with Crippen LogP contribution in [0.4, 0.5) is 5.69 Å². The van der Waals surface area contributed by atoms with Crippen LogP contribution in [0.15, 0.2) is 24.3 Å². The van der Waals surface area contributed by atoms with E-state index >= 15 is 0 Å². The minimum absolute atomic E-state index is 0.00782. The Morgan fingerprint density at radius 3 is 2.45 bits per heavy atom. The van der Waals surface area contributed by atoms with E-state index in [4.69, 9.17) is 4.74 Å². The van der Waals surface area contributed by atoms with Gasteiger partial charge in [0.1, 0.15) is 5.75 Å². The number of hydrogen-bond donors (Lipinski definition) is 2. The molecule has 1 saturated carbocycles. The van der Waals surface area contributed by atoms with Crippen molar-refractivity contribution in [2.24, 2.45) is 0 Å². The molecule has 0 aliphatic heterocycles. The van der Waals surface area contributed by atoms with Crippen molar-refractivity contribution in [3.63, 3.8) is 0 Å². The molecule has 0 saturated heterocycles. The number of anilines is 1. The van der Waals surface area contributed by atoms with Gasteiger partial charge in [0.05, 0.1) is 18.8 Å². The SMILES string of the molecule is COc1ccccc1NC(=O)[C@H](C)NC1CCCCCCC1. The van der Waals surface area contributed by atoms with E-state index in [1.807, 2.05) is 31.2 Å². The Balaban J connectivity index is 1.88. The Bertz CT molecular complexity index is 468. The van der Waals surface area contributed by atoms with Crippen LogP contribution in [0.1, 0.15) is 51.9 Å². The summed E-state index contributed by atoms with van der Waals surface area (Å²) in [5, 5.41) is 6.44. The molecule has 1 atom stereocenters. The second-order valence-corrected chi connectivity index (χ2v) is 6.12. The number of carbonyl (C=O) groups is 1. The molecule has 0 spiro atoms. The summed E-state index contributed by atoms with van der Waals surface area (Å²) in [6, 6.07) is 7.75. The molecule has 0 aromatic heterocycles. The highest BCUT2D eigenvalue weighted by molar-refractivity contribution is 5.95. The number of hydrogen-bond acceptors (Lipinski definition) is 3. The lowest BCUT2D eigenvalue weighted by atomic mass is 9.96. The molecule has 0 unspecified atom stereocenters. The number of carbonyl (C=O) groups excluding carboxylic acids is 1. The highest BCUT2D eigenvalue weighted by Gasteiger charge is 2.19. The molecule has 1 aliphatic rings. The van der Waals surface area contributed by atoms with E-state index in [0.717, 1.165) is 5.69 Å². The van der Waals surface area contributed by atoms with Crippen molar-refractivity contribution in [1.82, 2.24) is 5.32 Å². The minimum atomic E-state index is -0.200. The summed E-state index contributed by atoms with van der Waals surface area (Å²) in [5.74, 6) is 0.681. The Morgan fingerprint density at radius 2 is 1.77 bits per heavy atom. The number of ether oxygens (including phenoxy) is 1. The van der Waals surface area contributed by atoms with Crippen LogP contribution in [0.2, 0.25) is 0 Å². The number of nitrogens with one attached hydrogen (secondary N) is 2. The monoisotopic (exact) mass is 304 g/mol. The summed E-state index contributed by atoms with van der Waals surface area (Å²) in [5.41, 5.74) is 0.723. The normalized spacial score (nSPS) is 18.1. The molecular weight excluding hydrogens is 276 g/mol. The van der Waals surface area contributed by atoms with Crippen LogP contribution in [0.3, 0.4) is 0 Å². The molecule has 4 nitrogen and oxygen atoms in total. The fraction of sp³-hybridized carbons (Fsp3) is 0.611. The van der Waals surface area contributed by atoms with E-state index in [-0.39, 0.29) is 11.9 Å². The number of benzene rings is 1. The molecular formula is C18H28N2O2. The Kier molecular flexibility index (Phi) is 6.72. The second kappa shape index (κ2) is 8.79. The molecule has 1 amide bonds. The number of para-hydroxylation sites is 2. The Morgan fingerprint density at radius 1 is 1.14 bits per heavy atom. The van der Waals surface area contributed by atoms with Crippen LogP contribution in [0.25, 0.3) is 0 Å². The topological polar surface area (TPSA) is 50.4 Å². The first kappa shape index (κ1) is 16.8. The van der Waals surface area contributed by atoms with E-state index in [9.17, 15) is 4.79 Å². The van der Waals surface area contributed by atoms with E-state index in [0.29, 0.717) is 11.8 Å². The zero-order chi connectivity index (χ0) is 15.8. The van der Waals surface area contributed by atoms with Gasteiger partial charge in [0.25, 0.3) is 0 Å². The Labute approximate surface area is 133 Å². The third-order valence-corrected chi connectivity index (χ3v) is 4.35. The van der Waals surface area contributed by atoms with Gasteiger partial charge in [-0.2, -0.15) is 0 Å². The van der Waals surface area contributed by atoms with E-state index in [1.54, 1.807) is 7.11 Å². The zero-order valence-corrected chi connectivity index (χ0v) is 13.7. The van der Waals surface area contributed by atoms with Gasteiger partial charge in [-0.1, -0.05) is 44.2 Å². The van der Waals surface area contributed by atoms with Crippen LogP contribution < -0.4 is 15.4 Å². The van der Waals surface area contributed by atoms with Gasteiger partial charge in [0.15, 0.2) is 0 Å². The number of methoxy groups -OCH3 is 1. The largest absolute Gasteiger partial charge is 0.495 e. The molecule has 22 heavy (non-hydrogen) atoms. The van der Waals surface area contributed by atoms with Gasteiger partial charge in [0, 0.05) is 6.04 Å². The molecule has 1 fully saturated rings. The standard InChI is InChI=1S/C18H28N2O2/c1-14(19-15-10-6-4-3-5-7-11-15)18(21)20-16-12-8-9-13-17(16)22-2/h8-9,12-15,19H,3-7,10-11H2,1-2H3,(H,20,21)/t14-/m0/s1. The Hall–Kier alpha value is -1.55. The van der Waals surface area contributed by atoms with Gasteiger partial charge in [-0.15, -0.1) is 0 Å². The highest BCUT2D eigenvalue weighted by Crippen LogP contribution is 2.23. The molecule has 0 radical (unpaired) electrons. The van der Waals surface area contributed by atoms with Gasteiger partial charge in [-0.05, 0) is 31.9 Å². The summed E-state index contributed by atoms with van der Waals surface area (Å²) in [4.78, 5) is 12.4. The zero-order valence-electron chi connectivity index (χ0n) is 13.7. The molecule has 1 aromatic rings. The average Bonchev–Trinajstić information content (AvgIpc) is 2.50. The first-order chi connectivity index (χ1) is 10.7.